The Hall–Kier alpha value is -1.45. The van der Waals surface area contributed by atoms with E-state index in [1.165, 1.54) is 0 Å². The standard InChI is InChI=1S/C11H12N2O/c12-11(7-14)10-6-13-5-8-3-1-2-4-9(8)10/h1-6,11,14H,7,12H2/t11-/m0/s1. The van der Waals surface area contributed by atoms with E-state index in [9.17, 15) is 0 Å². The second-order valence-corrected chi connectivity index (χ2v) is 3.24. The molecule has 0 fully saturated rings. The Morgan fingerprint density at radius 2 is 2.07 bits per heavy atom. The highest BCUT2D eigenvalue weighted by molar-refractivity contribution is 5.85. The molecule has 0 unspecified atom stereocenters. The number of rotatable bonds is 2. The zero-order chi connectivity index (χ0) is 9.97. The van der Waals surface area contributed by atoms with Crippen LogP contribution in [0.3, 0.4) is 0 Å². The molecular formula is C11H12N2O. The summed E-state index contributed by atoms with van der Waals surface area (Å²) in [5, 5.41) is 11.1. The highest BCUT2D eigenvalue weighted by Gasteiger charge is 2.08. The van der Waals surface area contributed by atoms with E-state index in [4.69, 9.17) is 10.8 Å². The van der Waals surface area contributed by atoms with Gasteiger partial charge in [0.05, 0.1) is 12.6 Å². The van der Waals surface area contributed by atoms with E-state index < -0.39 is 0 Å². The van der Waals surface area contributed by atoms with Crippen molar-refractivity contribution in [3.05, 3.63) is 42.2 Å². The highest BCUT2D eigenvalue weighted by atomic mass is 16.3. The van der Waals surface area contributed by atoms with Gasteiger partial charge in [-0.2, -0.15) is 0 Å². The molecule has 3 heteroatoms. The first kappa shape index (κ1) is 9.12. The third-order valence-corrected chi connectivity index (χ3v) is 2.30. The van der Waals surface area contributed by atoms with Gasteiger partial charge in [-0.15, -0.1) is 0 Å². The highest BCUT2D eigenvalue weighted by Crippen LogP contribution is 2.21. The number of nitrogens with zero attached hydrogens (tertiary/aromatic N) is 1. The third kappa shape index (κ3) is 1.47. The van der Waals surface area contributed by atoms with Crippen molar-refractivity contribution in [3.63, 3.8) is 0 Å². The summed E-state index contributed by atoms with van der Waals surface area (Å²) < 4.78 is 0. The molecule has 72 valence electrons. The molecule has 0 radical (unpaired) electrons. The lowest BCUT2D eigenvalue weighted by Gasteiger charge is -2.10. The largest absolute Gasteiger partial charge is 0.394 e. The predicted octanol–water partition coefficient (Wildman–Crippen LogP) is 1.23. The molecule has 1 heterocycles. The van der Waals surface area contributed by atoms with E-state index in [-0.39, 0.29) is 12.6 Å². The summed E-state index contributed by atoms with van der Waals surface area (Å²) in [6, 6.07) is 7.53. The SMILES string of the molecule is N[C@@H](CO)c1cncc2ccccc12. The normalized spacial score (nSPS) is 13.0. The number of hydrogen-bond acceptors (Lipinski definition) is 3. The van der Waals surface area contributed by atoms with E-state index in [2.05, 4.69) is 4.98 Å². The van der Waals surface area contributed by atoms with Crippen molar-refractivity contribution in [1.82, 2.24) is 4.98 Å². The summed E-state index contributed by atoms with van der Waals surface area (Å²) in [7, 11) is 0. The first-order chi connectivity index (χ1) is 6.83. The lowest BCUT2D eigenvalue weighted by molar-refractivity contribution is 0.268. The Morgan fingerprint density at radius 3 is 2.86 bits per heavy atom. The van der Waals surface area contributed by atoms with Gasteiger partial charge >= 0.3 is 0 Å². The van der Waals surface area contributed by atoms with Gasteiger partial charge in [0.2, 0.25) is 0 Å². The van der Waals surface area contributed by atoms with Crippen LogP contribution in [0.1, 0.15) is 11.6 Å². The van der Waals surface area contributed by atoms with E-state index in [1.54, 1.807) is 12.4 Å². The summed E-state index contributed by atoms with van der Waals surface area (Å²) in [6.45, 7) is -0.0598. The third-order valence-electron chi connectivity index (χ3n) is 2.30. The topological polar surface area (TPSA) is 59.1 Å². The van der Waals surface area contributed by atoms with Gasteiger partial charge in [0, 0.05) is 17.8 Å². The van der Waals surface area contributed by atoms with Crippen molar-refractivity contribution in [1.29, 1.82) is 0 Å². The van der Waals surface area contributed by atoms with Crippen molar-refractivity contribution in [2.24, 2.45) is 5.73 Å². The summed E-state index contributed by atoms with van der Waals surface area (Å²) in [5.74, 6) is 0. The minimum atomic E-state index is -0.353. The van der Waals surface area contributed by atoms with Crippen LogP contribution in [0.5, 0.6) is 0 Å². The Bertz CT molecular complexity index is 437. The monoisotopic (exact) mass is 188 g/mol. The number of fused-ring (bicyclic) bond motifs is 1. The molecule has 2 aromatic rings. The fraction of sp³-hybridized carbons (Fsp3) is 0.182. The van der Waals surface area contributed by atoms with Crippen molar-refractivity contribution in [3.8, 4) is 0 Å². The summed E-state index contributed by atoms with van der Waals surface area (Å²) in [6.07, 6.45) is 3.51. The molecule has 1 aromatic carbocycles. The van der Waals surface area contributed by atoms with E-state index in [1.807, 2.05) is 24.3 Å². The van der Waals surface area contributed by atoms with Crippen molar-refractivity contribution in [2.75, 3.05) is 6.61 Å². The van der Waals surface area contributed by atoms with Gasteiger partial charge < -0.3 is 10.8 Å². The maximum absolute atomic E-state index is 8.99. The molecule has 1 atom stereocenters. The average molecular weight is 188 g/mol. The molecule has 0 saturated carbocycles. The predicted molar refractivity (Wildman–Crippen MR) is 55.8 cm³/mol. The molecule has 0 amide bonds. The molecule has 14 heavy (non-hydrogen) atoms. The van der Waals surface area contributed by atoms with Crippen LogP contribution in [0.15, 0.2) is 36.7 Å². The second-order valence-electron chi connectivity index (χ2n) is 3.24. The zero-order valence-corrected chi connectivity index (χ0v) is 7.72. The Kier molecular flexibility index (Phi) is 2.43. The van der Waals surface area contributed by atoms with Gasteiger partial charge in [-0.25, -0.2) is 0 Å². The van der Waals surface area contributed by atoms with Crippen molar-refractivity contribution in [2.45, 2.75) is 6.04 Å². The first-order valence-electron chi connectivity index (χ1n) is 4.52. The number of aliphatic hydroxyl groups excluding tert-OH is 1. The van der Waals surface area contributed by atoms with Gasteiger partial charge in [-0.05, 0) is 10.9 Å². The lowest BCUT2D eigenvalue weighted by Crippen LogP contribution is -2.15. The van der Waals surface area contributed by atoms with E-state index in [0.717, 1.165) is 16.3 Å². The number of aromatic nitrogens is 1. The van der Waals surface area contributed by atoms with Crippen LogP contribution in [0.4, 0.5) is 0 Å². The van der Waals surface area contributed by atoms with Crippen LogP contribution in [-0.4, -0.2) is 16.7 Å². The van der Waals surface area contributed by atoms with Crippen molar-refractivity contribution < 1.29 is 5.11 Å². The van der Waals surface area contributed by atoms with Crippen molar-refractivity contribution >= 4 is 10.8 Å². The fourth-order valence-corrected chi connectivity index (χ4v) is 1.53. The summed E-state index contributed by atoms with van der Waals surface area (Å²) >= 11 is 0. The van der Waals surface area contributed by atoms with Crippen LogP contribution < -0.4 is 5.73 Å². The molecule has 0 saturated heterocycles. The number of pyridine rings is 1. The fourth-order valence-electron chi connectivity index (χ4n) is 1.53. The van der Waals surface area contributed by atoms with E-state index >= 15 is 0 Å². The molecule has 1 aromatic heterocycles. The number of nitrogens with two attached hydrogens (primary N) is 1. The second kappa shape index (κ2) is 3.74. The van der Waals surface area contributed by atoms with Crippen LogP contribution in [0.2, 0.25) is 0 Å². The zero-order valence-electron chi connectivity index (χ0n) is 7.72. The minimum absolute atomic E-state index is 0.0598. The molecule has 3 N–H and O–H groups in total. The molecule has 0 spiro atoms. The smallest absolute Gasteiger partial charge is 0.0625 e. The molecule has 0 aliphatic rings. The van der Waals surface area contributed by atoms with Gasteiger partial charge in [-0.3, -0.25) is 4.98 Å². The van der Waals surface area contributed by atoms with Crippen LogP contribution in [0.25, 0.3) is 10.8 Å². The number of aliphatic hydroxyl groups is 1. The first-order valence-corrected chi connectivity index (χ1v) is 4.52. The molecule has 0 aliphatic heterocycles. The van der Waals surface area contributed by atoms with E-state index in [0.29, 0.717) is 0 Å². The van der Waals surface area contributed by atoms with Crippen LogP contribution >= 0.6 is 0 Å². The quantitative estimate of drug-likeness (QED) is 0.745. The maximum Gasteiger partial charge on any atom is 0.0625 e. The summed E-state index contributed by atoms with van der Waals surface area (Å²) in [5.41, 5.74) is 6.66. The summed E-state index contributed by atoms with van der Waals surface area (Å²) in [4.78, 5) is 4.09. The maximum atomic E-state index is 8.99. The molecular weight excluding hydrogens is 176 g/mol. The van der Waals surface area contributed by atoms with Crippen LogP contribution in [-0.2, 0) is 0 Å². The molecule has 3 nitrogen and oxygen atoms in total. The molecule has 0 bridgehead atoms. The van der Waals surface area contributed by atoms with Gasteiger partial charge in [0.15, 0.2) is 0 Å². The van der Waals surface area contributed by atoms with Gasteiger partial charge in [0.1, 0.15) is 0 Å². The number of benzene rings is 1. The molecule has 0 aliphatic carbocycles. The Balaban J connectivity index is 2.65. The average Bonchev–Trinajstić information content (AvgIpc) is 2.27. The Labute approximate surface area is 82.2 Å². The van der Waals surface area contributed by atoms with Gasteiger partial charge in [-0.1, -0.05) is 24.3 Å². The number of hydrogen-bond donors (Lipinski definition) is 2. The Morgan fingerprint density at radius 1 is 1.29 bits per heavy atom. The lowest BCUT2D eigenvalue weighted by atomic mass is 10.0. The van der Waals surface area contributed by atoms with Gasteiger partial charge in [0.25, 0.3) is 0 Å². The van der Waals surface area contributed by atoms with Crippen LogP contribution in [0, 0.1) is 0 Å². The molecule has 2 rings (SSSR count). The minimum Gasteiger partial charge on any atom is -0.394 e.